The first kappa shape index (κ1) is 18.6. The molecule has 5 nitrogen and oxygen atoms in total. The molecular formula is C19H22FNO4. The number of carbonyl (C=O) groups excluding carboxylic acids is 1. The third-order valence-corrected chi connectivity index (χ3v) is 3.89. The summed E-state index contributed by atoms with van der Waals surface area (Å²) in [6, 6.07) is 8.45. The van der Waals surface area contributed by atoms with Gasteiger partial charge < -0.3 is 19.5 Å². The summed E-state index contributed by atoms with van der Waals surface area (Å²) in [4.78, 5) is 12.4. The van der Waals surface area contributed by atoms with Crippen LogP contribution < -0.4 is 19.5 Å². The van der Waals surface area contributed by atoms with E-state index in [0.717, 1.165) is 16.9 Å². The van der Waals surface area contributed by atoms with Crippen LogP contribution in [0.3, 0.4) is 0 Å². The van der Waals surface area contributed by atoms with Gasteiger partial charge in [-0.1, -0.05) is 12.1 Å². The van der Waals surface area contributed by atoms with E-state index in [2.05, 4.69) is 5.32 Å². The van der Waals surface area contributed by atoms with Crippen molar-refractivity contribution in [2.45, 2.75) is 13.3 Å². The van der Waals surface area contributed by atoms with Crippen LogP contribution in [0.5, 0.6) is 17.2 Å². The fourth-order valence-electron chi connectivity index (χ4n) is 2.54. The molecule has 0 bridgehead atoms. The van der Waals surface area contributed by atoms with E-state index in [4.69, 9.17) is 14.2 Å². The minimum atomic E-state index is -0.660. The number of aryl methyl sites for hydroxylation is 1. The molecule has 25 heavy (non-hydrogen) atoms. The van der Waals surface area contributed by atoms with E-state index < -0.39 is 11.7 Å². The lowest BCUT2D eigenvalue weighted by atomic mass is 10.1. The van der Waals surface area contributed by atoms with Crippen molar-refractivity contribution in [2.24, 2.45) is 0 Å². The van der Waals surface area contributed by atoms with Crippen LogP contribution in [0, 0.1) is 12.7 Å². The van der Waals surface area contributed by atoms with Gasteiger partial charge in [0.15, 0.2) is 11.5 Å². The predicted molar refractivity (Wildman–Crippen MR) is 93.3 cm³/mol. The Morgan fingerprint density at radius 3 is 2.40 bits per heavy atom. The molecule has 1 N–H and O–H groups in total. The van der Waals surface area contributed by atoms with E-state index in [9.17, 15) is 9.18 Å². The lowest BCUT2D eigenvalue weighted by molar-refractivity contribution is 0.0946. The summed E-state index contributed by atoms with van der Waals surface area (Å²) in [7, 11) is 4.42. The van der Waals surface area contributed by atoms with Gasteiger partial charge in [-0.25, -0.2) is 4.39 Å². The zero-order valence-corrected chi connectivity index (χ0v) is 14.8. The van der Waals surface area contributed by atoms with E-state index in [1.165, 1.54) is 26.4 Å². The first-order valence-electron chi connectivity index (χ1n) is 7.84. The average Bonchev–Trinajstić information content (AvgIpc) is 2.62. The summed E-state index contributed by atoms with van der Waals surface area (Å²) >= 11 is 0. The summed E-state index contributed by atoms with van der Waals surface area (Å²) < 4.78 is 29.6. The average molecular weight is 347 g/mol. The van der Waals surface area contributed by atoms with Crippen molar-refractivity contribution in [3.63, 3.8) is 0 Å². The van der Waals surface area contributed by atoms with E-state index in [-0.39, 0.29) is 11.3 Å². The van der Waals surface area contributed by atoms with Gasteiger partial charge in [-0.15, -0.1) is 0 Å². The van der Waals surface area contributed by atoms with Gasteiger partial charge in [0.05, 0.1) is 21.3 Å². The molecule has 0 atom stereocenters. The summed E-state index contributed by atoms with van der Waals surface area (Å²) in [5.41, 5.74) is 1.89. The van der Waals surface area contributed by atoms with E-state index in [1.807, 2.05) is 25.1 Å². The van der Waals surface area contributed by atoms with Gasteiger partial charge >= 0.3 is 0 Å². The molecule has 0 heterocycles. The van der Waals surface area contributed by atoms with Crippen molar-refractivity contribution in [1.29, 1.82) is 0 Å². The van der Waals surface area contributed by atoms with E-state index in [1.54, 1.807) is 7.11 Å². The number of hydrogen-bond acceptors (Lipinski definition) is 4. The Labute approximate surface area is 146 Å². The standard InChI is InChI=1S/C19H22FNO4/c1-12-5-6-13(11-16(12)24-3)9-10-21-19(22)17-14(20)7-8-15(23-2)18(17)25-4/h5-8,11H,9-10H2,1-4H3,(H,21,22). The second kappa shape index (κ2) is 8.37. The zero-order valence-electron chi connectivity index (χ0n) is 14.8. The number of halogens is 1. The highest BCUT2D eigenvalue weighted by Crippen LogP contribution is 2.32. The predicted octanol–water partition coefficient (Wildman–Crippen LogP) is 3.13. The highest BCUT2D eigenvalue weighted by atomic mass is 19.1. The van der Waals surface area contributed by atoms with Crippen molar-refractivity contribution >= 4 is 5.91 Å². The molecule has 0 unspecified atom stereocenters. The van der Waals surface area contributed by atoms with Crippen molar-refractivity contribution in [3.05, 3.63) is 52.8 Å². The van der Waals surface area contributed by atoms with Gasteiger partial charge in [0, 0.05) is 6.54 Å². The van der Waals surface area contributed by atoms with Crippen LogP contribution in [0.15, 0.2) is 30.3 Å². The maximum Gasteiger partial charge on any atom is 0.258 e. The molecule has 0 aliphatic rings. The molecular weight excluding hydrogens is 325 g/mol. The number of carbonyl (C=O) groups is 1. The Morgan fingerprint density at radius 2 is 1.76 bits per heavy atom. The highest BCUT2D eigenvalue weighted by Gasteiger charge is 2.21. The monoisotopic (exact) mass is 347 g/mol. The van der Waals surface area contributed by atoms with E-state index >= 15 is 0 Å². The number of amides is 1. The molecule has 0 aromatic heterocycles. The Bertz CT molecular complexity index is 761. The number of methoxy groups -OCH3 is 3. The molecule has 1 amide bonds. The molecule has 134 valence electrons. The maximum atomic E-state index is 14.1. The topological polar surface area (TPSA) is 56.8 Å². The van der Waals surface area contributed by atoms with Crippen LogP contribution in [0.1, 0.15) is 21.5 Å². The second-order valence-corrected chi connectivity index (χ2v) is 5.47. The number of benzene rings is 2. The van der Waals surface area contributed by atoms with Crippen molar-refractivity contribution < 1.29 is 23.4 Å². The van der Waals surface area contributed by atoms with Crippen molar-refractivity contribution in [2.75, 3.05) is 27.9 Å². The van der Waals surface area contributed by atoms with Crippen LogP contribution in [0.25, 0.3) is 0 Å². The van der Waals surface area contributed by atoms with Crippen molar-refractivity contribution in [3.8, 4) is 17.2 Å². The molecule has 2 aromatic carbocycles. The van der Waals surface area contributed by atoms with E-state index in [0.29, 0.717) is 18.7 Å². The fourth-order valence-corrected chi connectivity index (χ4v) is 2.54. The molecule has 0 saturated heterocycles. The molecule has 0 radical (unpaired) electrons. The second-order valence-electron chi connectivity index (χ2n) is 5.47. The molecule has 0 aliphatic carbocycles. The van der Waals surface area contributed by atoms with Crippen LogP contribution in [0.2, 0.25) is 0 Å². The third kappa shape index (κ3) is 4.21. The molecule has 6 heteroatoms. The SMILES string of the molecule is COc1cc(CCNC(=O)c2c(F)ccc(OC)c2OC)ccc1C. The quantitative estimate of drug-likeness (QED) is 0.836. The first-order valence-corrected chi connectivity index (χ1v) is 7.84. The van der Waals surface area contributed by atoms with Gasteiger partial charge in [0.1, 0.15) is 17.1 Å². The van der Waals surface area contributed by atoms with Crippen molar-refractivity contribution in [1.82, 2.24) is 5.32 Å². The lowest BCUT2D eigenvalue weighted by Crippen LogP contribution is -2.27. The highest BCUT2D eigenvalue weighted by molar-refractivity contribution is 5.98. The molecule has 0 aliphatic heterocycles. The molecule has 0 fully saturated rings. The maximum absolute atomic E-state index is 14.1. The summed E-state index contributed by atoms with van der Waals surface area (Å²) in [6.07, 6.45) is 0.594. The number of ether oxygens (including phenoxy) is 3. The van der Waals surface area contributed by atoms with Crippen LogP contribution >= 0.6 is 0 Å². The smallest absolute Gasteiger partial charge is 0.258 e. The Kier molecular flexibility index (Phi) is 6.22. The Morgan fingerprint density at radius 1 is 1.04 bits per heavy atom. The van der Waals surface area contributed by atoms with Gasteiger partial charge in [-0.3, -0.25) is 4.79 Å². The minimum Gasteiger partial charge on any atom is -0.496 e. The third-order valence-electron chi connectivity index (χ3n) is 3.89. The molecule has 2 rings (SSSR count). The summed E-state index contributed by atoms with van der Waals surface area (Å²) in [6.45, 7) is 2.31. The normalized spacial score (nSPS) is 10.3. The lowest BCUT2D eigenvalue weighted by Gasteiger charge is -2.13. The van der Waals surface area contributed by atoms with Gasteiger partial charge in [-0.2, -0.15) is 0 Å². The van der Waals surface area contributed by atoms with Crippen LogP contribution in [-0.4, -0.2) is 33.8 Å². The Balaban J connectivity index is 2.08. The molecule has 0 saturated carbocycles. The number of nitrogens with one attached hydrogen (secondary N) is 1. The van der Waals surface area contributed by atoms with Gasteiger partial charge in [0.25, 0.3) is 5.91 Å². The fraction of sp³-hybridized carbons (Fsp3) is 0.316. The first-order chi connectivity index (χ1) is 12.0. The number of hydrogen-bond donors (Lipinski definition) is 1. The summed E-state index contributed by atoms with van der Waals surface area (Å²) in [5, 5.41) is 2.71. The molecule has 2 aromatic rings. The Hall–Kier alpha value is -2.76. The van der Waals surface area contributed by atoms with Crippen LogP contribution in [-0.2, 0) is 6.42 Å². The van der Waals surface area contributed by atoms with Crippen LogP contribution in [0.4, 0.5) is 4.39 Å². The summed E-state index contributed by atoms with van der Waals surface area (Å²) in [5.74, 6) is -0.0295. The van der Waals surface area contributed by atoms with Gasteiger partial charge in [0.2, 0.25) is 0 Å². The zero-order chi connectivity index (χ0) is 18.4. The van der Waals surface area contributed by atoms with Gasteiger partial charge in [-0.05, 0) is 42.7 Å². The molecule has 0 spiro atoms. The number of rotatable bonds is 7. The minimum absolute atomic E-state index is 0.0806. The largest absolute Gasteiger partial charge is 0.496 e.